The number of hydrogen-bond acceptors (Lipinski definition) is 4. The highest BCUT2D eigenvalue weighted by Gasteiger charge is 2.21. The summed E-state index contributed by atoms with van der Waals surface area (Å²) in [7, 11) is -4.42. The quantitative estimate of drug-likeness (QED) is 0.328. The van der Waals surface area contributed by atoms with Gasteiger partial charge in [-0.1, -0.05) is 64.0 Å². The summed E-state index contributed by atoms with van der Waals surface area (Å²) >= 11 is 0. The van der Waals surface area contributed by atoms with Crippen LogP contribution in [0.4, 0.5) is 0 Å². The average molecular weight is 407 g/mol. The molecule has 0 unspecified atom stereocenters. The van der Waals surface area contributed by atoms with E-state index in [4.69, 9.17) is 4.74 Å². The Hall–Kier alpha value is -2.05. The van der Waals surface area contributed by atoms with Crippen LogP contribution in [-0.2, 0) is 16.5 Å². The summed E-state index contributed by atoms with van der Waals surface area (Å²) in [5, 5.41) is 9.36. The Morgan fingerprint density at radius 3 is 2.07 bits per heavy atom. The van der Waals surface area contributed by atoms with Gasteiger partial charge in [0.1, 0.15) is 22.1 Å². The zero-order chi connectivity index (χ0) is 20.4. The van der Waals surface area contributed by atoms with Crippen LogP contribution in [-0.4, -0.2) is 18.1 Å². The van der Waals surface area contributed by atoms with E-state index in [-0.39, 0.29) is 16.4 Å². The van der Waals surface area contributed by atoms with E-state index in [1.165, 1.54) is 62.4 Å². The summed E-state index contributed by atoms with van der Waals surface area (Å²) in [6, 6.07) is 10.9. The van der Waals surface area contributed by atoms with Crippen LogP contribution in [0, 0.1) is 0 Å². The number of aryl methyl sites for hydroxylation is 1. The van der Waals surface area contributed by atoms with Crippen LogP contribution in [0.1, 0.15) is 63.9 Å². The molecule has 0 amide bonds. The monoisotopic (exact) mass is 406 g/mol. The summed E-state index contributed by atoms with van der Waals surface area (Å²) in [6.07, 6.45) is 9.84. The molecule has 0 saturated heterocycles. The molecule has 5 nitrogen and oxygen atoms in total. The molecule has 28 heavy (non-hydrogen) atoms. The number of hydrogen-bond donors (Lipinski definition) is 2. The molecule has 0 fully saturated rings. The summed E-state index contributed by atoms with van der Waals surface area (Å²) in [4.78, 5) is -0.175. The molecule has 0 aliphatic heterocycles. The molecule has 0 saturated carbocycles. The van der Waals surface area contributed by atoms with E-state index in [1.807, 2.05) is 0 Å². The second-order valence-corrected chi connectivity index (χ2v) is 8.40. The normalized spacial score (nSPS) is 11.5. The Morgan fingerprint density at radius 1 is 0.857 bits per heavy atom. The highest BCUT2D eigenvalue weighted by Crippen LogP contribution is 2.33. The first-order valence-corrected chi connectivity index (χ1v) is 11.4. The van der Waals surface area contributed by atoms with Crippen LogP contribution < -0.4 is 4.74 Å². The van der Waals surface area contributed by atoms with Crippen molar-refractivity contribution >= 4 is 10.1 Å². The number of benzene rings is 2. The van der Waals surface area contributed by atoms with Gasteiger partial charge in [0.2, 0.25) is 0 Å². The number of unbranched alkanes of at least 4 members (excludes halogenated alkanes) is 7. The SMILES string of the molecule is CCCCCCCCCCc1cccc(Oc2ccc(O)cc2)c1S(=O)(=O)O. The lowest BCUT2D eigenvalue weighted by Crippen LogP contribution is -2.06. The number of aromatic hydroxyl groups is 1. The molecule has 2 N–H and O–H groups in total. The van der Waals surface area contributed by atoms with Gasteiger partial charge in [-0.2, -0.15) is 8.42 Å². The minimum absolute atomic E-state index is 0.0882. The fraction of sp³-hybridized carbons (Fsp3) is 0.455. The standard InChI is InChI=1S/C22H30O5S/c1-2-3-4-5-6-7-8-9-11-18-12-10-13-21(22(18)28(24,25)26)27-20-16-14-19(23)15-17-20/h10,12-17,23H,2-9,11H2,1H3,(H,24,25,26). The van der Waals surface area contributed by atoms with E-state index in [1.54, 1.807) is 12.1 Å². The Balaban J connectivity index is 2.03. The van der Waals surface area contributed by atoms with Crippen LogP contribution in [0.25, 0.3) is 0 Å². The van der Waals surface area contributed by atoms with Gasteiger partial charge in [-0.15, -0.1) is 0 Å². The Labute approximate surface area is 168 Å². The van der Waals surface area contributed by atoms with Gasteiger partial charge in [-0.25, -0.2) is 0 Å². The van der Waals surface area contributed by atoms with Crippen molar-refractivity contribution in [2.24, 2.45) is 0 Å². The molecule has 0 aliphatic carbocycles. The largest absolute Gasteiger partial charge is 0.508 e. The van der Waals surface area contributed by atoms with E-state index >= 15 is 0 Å². The molecule has 0 radical (unpaired) electrons. The predicted molar refractivity (Wildman–Crippen MR) is 111 cm³/mol. The number of phenols is 1. The van der Waals surface area contributed by atoms with Gasteiger partial charge in [-0.05, 0) is 48.7 Å². The second kappa shape index (κ2) is 11.1. The molecule has 0 spiro atoms. The van der Waals surface area contributed by atoms with Crippen molar-refractivity contribution in [1.82, 2.24) is 0 Å². The molecule has 0 heterocycles. The van der Waals surface area contributed by atoms with Gasteiger partial charge in [0.15, 0.2) is 0 Å². The van der Waals surface area contributed by atoms with E-state index in [2.05, 4.69) is 6.92 Å². The topological polar surface area (TPSA) is 83.8 Å². The highest BCUT2D eigenvalue weighted by atomic mass is 32.2. The van der Waals surface area contributed by atoms with Gasteiger partial charge >= 0.3 is 0 Å². The molecule has 2 aromatic rings. The van der Waals surface area contributed by atoms with Gasteiger partial charge in [0.25, 0.3) is 10.1 Å². The molecule has 154 valence electrons. The smallest absolute Gasteiger partial charge is 0.298 e. The van der Waals surface area contributed by atoms with Crippen molar-refractivity contribution in [1.29, 1.82) is 0 Å². The van der Waals surface area contributed by atoms with Crippen LogP contribution in [0.5, 0.6) is 17.2 Å². The van der Waals surface area contributed by atoms with Crippen molar-refractivity contribution in [3.8, 4) is 17.2 Å². The molecule has 0 aromatic heterocycles. The second-order valence-electron chi connectivity index (χ2n) is 7.04. The van der Waals surface area contributed by atoms with Crippen LogP contribution in [0.15, 0.2) is 47.4 Å². The maximum Gasteiger partial charge on any atom is 0.298 e. The molecular formula is C22H30O5S. The molecule has 6 heteroatoms. The molecular weight excluding hydrogens is 376 g/mol. The average Bonchev–Trinajstić information content (AvgIpc) is 2.65. The summed E-state index contributed by atoms with van der Waals surface area (Å²) in [6.45, 7) is 2.20. The van der Waals surface area contributed by atoms with Crippen molar-refractivity contribution < 1.29 is 22.8 Å². The molecule has 0 bridgehead atoms. The summed E-state index contributed by atoms with van der Waals surface area (Å²) in [5.41, 5.74) is 0.560. The zero-order valence-electron chi connectivity index (χ0n) is 16.4. The lowest BCUT2D eigenvalue weighted by molar-refractivity contribution is 0.443. The summed E-state index contributed by atoms with van der Waals surface area (Å²) < 4.78 is 39.4. The van der Waals surface area contributed by atoms with Crippen molar-refractivity contribution in [3.63, 3.8) is 0 Å². The third-order valence-electron chi connectivity index (χ3n) is 4.68. The highest BCUT2D eigenvalue weighted by molar-refractivity contribution is 7.86. The third kappa shape index (κ3) is 7.17. The van der Waals surface area contributed by atoms with Crippen LogP contribution in [0.3, 0.4) is 0 Å². The van der Waals surface area contributed by atoms with E-state index in [0.29, 0.717) is 17.7 Å². The van der Waals surface area contributed by atoms with E-state index < -0.39 is 10.1 Å². The molecule has 2 aromatic carbocycles. The van der Waals surface area contributed by atoms with Crippen molar-refractivity contribution in [2.45, 2.75) is 69.6 Å². The predicted octanol–water partition coefficient (Wildman–Crippen LogP) is 6.11. The first-order valence-electron chi connectivity index (χ1n) is 9.98. The molecule has 0 atom stereocenters. The first-order chi connectivity index (χ1) is 13.4. The number of phenolic OH excluding ortho intramolecular Hbond substituents is 1. The lowest BCUT2D eigenvalue weighted by atomic mass is 10.0. The maximum atomic E-state index is 12.0. The van der Waals surface area contributed by atoms with Crippen LogP contribution >= 0.6 is 0 Å². The van der Waals surface area contributed by atoms with Crippen molar-refractivity contribution in [3.05, 3.63) is 48.0 Å². The molecule has 0 aliphatic rings. The first kappa shape index (κ1) is 22.2. The minimum Gasteiger partial charge on any atom is -0.508 e. The number of ether oxygens (including phenoxy) is 1. The lowest BCUT2D eigenvalue weighted by Gasteiger charge is -2.13. The third-order valence-corrected chi connectivity index (χ3v) is 5.66. The Morgan fingerprint density at radius 2 is 1.46 bits per heavy atom. The van der Waals surface area contributed by atoms with Gasteiger partial charge in [0.05, 0.1) is 0 Å². The Bertz CT molecular complexity index is 829. The van der Waals surface area contributed by atoms with Crippen molar-refractivity contribution in [2.75, 3.05) is 0 Å². The minimum atomic E-state index is -4.42. The summed E-state index contributed by atoms with van der Waals surface area (Å²) in [5.74, 6) is 0.558. The fourth-order valence-corrected chi connectivity index (χ4v) is 4.09. The van der Waals surface area contributed by atoms with Crippen LogP contribution in [0.2, 0.25) is 0 Å². The maximum absolute atomic E-state index is 12.0. The fourth-order valence-electron chi connectivity index (χ4n) is 3.22. The van der Waals surface area contributed by atoms with E-state index in [0.717, 1.165) is 19.3 Å². The van der Waals surface area contributed by atoms with Gasteiger partial charge in [-0.3, -0.25) is 4.55 Å². The number of rotatable bonds is 12. The van der Waals surface area contributed by atoms with Gasteiger partial charge < -0.3 is 9.84 Å². The zero-order valence-corrected chi connectivity index (χ0v) is 17.2. The van der Waals surface area contributed by atoms with Gasteiger partial charge in [0, 0.05) is 0 Å². The van der Waals surface area contributed by atoms with E-state index in [9.17, 15) is 18.1 Å². The molecule has 2 rings (SSSR count). The Kier molecular flexibility index (Phi) is 8.80.